The monoisotopic (exact) mass is 260 g/mol. The molecule has 1 N–H and O–H groups in total. The Hall–Kier alpha value is -1.04. The first-order chi connectivity index (χ1) is 8.52. The van der Waals surface area contributed by atoms with Crippen molar-refractivity contribution in [3.63, 3.8) is 0 Å². The van der Waals surface area contributed by atoms with E-state index in [4.69, 9.17) is 9.47 Å². The molecule has 18 heavy (non-hydrogen) atoms. The number of halogens is 2. The number of benzene rings is 1. The second kappa shape index (κ2) is 6.78. The SMILES string of the molecule is CCOC(OCC)C(O)c1ccc(C)c(F)c1F. The van der Waals surface area contributed by atoms with Crippen LogP contribution in [0, 0.1) is 18.6 Å². The zero-order chi connectivity index (χ0) is 13.7. The third-order valence-electron chi connectivity index (χ3n) is 2.54. The smallest absolute Gasteiger partial charge is 0.187 e. The van der Waals surface area contributed by atoms with E-state index in [1.165, 1.54) is 19.1 Å². The zero-order valence-corrected chi connectivity index (χ0v) is 10.7. The van der Waals surface area contributed by atoms with Gasteiger partial charge in [0, 0.05) is 18.8 Å². The fraction of sp³-hybridized carbons (Fsp3) is 0.538. The van der Waals surface area contributed by atoms with Crippen LogP contribution in [0.2, 0.25) is 0 Å². The Kier molecular flexibility index (Phi) is 5.65. The molecule has 0 saturated carbocycles. The topological polar surface area (TPSA) is 38.7 Å². The van der Waals surface area contributed by atoms with E-state index in [-0.39, 0.29) is 11.1 Å². The molecule has 0 bridgehead atoms. The van der Waals surface area contributed by atoms with Crippen LogP contribution in [-0.2, 0) is 9.47 Å². The summed E-state index contributed by atoms with van der Waals surface area (Å²) in [6, 6.07) is 2.75. The second-order valence-corrected chi connectivity index (χ2v) is 3.82. The number of aliphatic hydroxyl groups is 1. The minimum absolute atomic E-state index is 0.162. The summed E-state index contributed by atoms with van der Waals surface area (Å²) in [5.74, 6) is -2.02. The van der Waals surface area contributed by atoms with Crippen LogP contribution >= 0.6 is 0 Å². The van der Waals surface area contributed by atoms with Crippen LogP contribution < -0.4 is 0 Å². The standard InChI is InChI=1S/C13H18F2O3/c1-4-17-13(18-5-2)12(16)9-7-6-8(3)10(14)11(9)15/h6-7,12-13,16H,4-5H2,1-3H3. The van der Waals surface area contributed by atoms with Gasteiger partial charge in [0.15, 0.2) is 17.9 Å². The maximum Gasteiger partial charge on any atom is 0.187 e. The van der Waals surface area contributed by atoms with E-state index in [1.54, 1.807) is 13.8 Å². The van der Waals surface area contributed by atoms with Gasteiger partial charge in [-0.1, -0.05) is 12.1 Å². The minimum atomic E-state index is -1.36. The van der Waals surface area contributed by atoms with E-state index < -0.39 is 24.0 Å². The van der Waals surface area contributed by atoms with Gasteiger partial charge in [-0.3, -0.25) is 0 Å². The van der Waals surface area contributed by atoms with Gasteiger partial charge in [0.25, 0.3) is 0 Å². The first-order valence-corrected chi connectivity index (χ1v) is 5.88. The van der Waals surface area contributed by atoms with Gasteiger partial charge in [0.05, 0.1) is 0 Å². The van der Waals surface area contributed by atoms with Gasteiger partial charge in [0.2, 0.25) is 0 Å². The van der Waals surface area contributed by atoms with Gasteiger partial charge in [-0.2, -0.15) is 0 Å². The van der Waals surface area contributed by atoms with E-state index in [2.05, 4.69) is 0 Å². The number of aryl methyl sites for hydroxylation is 1. The molecule has 5 heteroatoms. The van der Waals surface area contributed by atoms with Gasteiger partial charge < -0.3 is 14.6 Å². The van der Waals surface area contributed by atoms with Crippen molar-refractivity contribution in [2.24, 2.45) is 0 Å². The molecule has 0 amide bonds. The summed E-state index contributed by atoms with van der Waals surface area (Å²) in [6.45, 7) is 5.52. The van der Waals surface area contributed by atoms with Crippen LogP contribution in [0.15, 0.2) is 12.1 Å². The molecule has 102 valence electrons. The van der Waals surface area contributed by atoms with Crippen LogP contribution in [0.5, 0.6) is 0 Å². The average molecular weight is 260 g/mol. The number of rotatable bonds is 6. The third kappa shape index (κ3) is 3.25. The predicted octanol–water partition coefficient (Wildman–Crippen LogP) is 2.71. The fourth-order valence-corrected chi connectivity index (χ4v) is 1.59. The number of hydrogen-bond acceptors (Lipinski definition) is 3. The lowest BCUT2D eigenvalue weighted by Crippen LogP contribution is -2.26. The van der Waals surface area contributed by atoms with Crippen molar-refractivity contribution in [1.82, 2.24) is 0 Å². The van der Waals surface area contributed by atoms with Gasteiger partial charge in [-0.05, 0) is 26.3 Å². The summed E-state index contributed by atoms with van der Waals surface area (Å²) >= 11 is 0. The molecule has 1 rings (SSSR count). The third-order valence-corrected chi connectivity index (χ3v) is 2.54. The Labute approximate surface area is 105 Å². The molecule has 0 saturated heterocycles. The molecule has 0 aliphatic carbocycles. The molecule has 0 aliphatic heterocycles. The Bertz CT molecular complexity index is 390. The molecule has 1 aromatic rings. The predicted molar refractivity (Wildman–Crippen MR) is 63.1 cm³/mol. The van der Waals surface area contributed by atoms with Gasteiger partial charge in [-0.15, -0.1) is 0 Å². The van der Waals surface area contributed by atoms with Gasteiger partial charge in [0.1, 0.15) is 6.10 Å². The van der Waals surface area contributed by atoms with E-state index in [9.17, 15) is 13.9 Å². The highest BCUT2D eigenvalue weighted by Gasteiger charge is 2.26. The Morgan fingerprint density at radius 1 is 1.11 bits per heavy atom. The minimum Gasteiger partial charge on any atom is -0.383 e. The molecule has 1 aromatic carbocycles. The number of ether oxygens (including phenoxy) is 2. The highest BCUT2D eigenvalue weighted by Crippen LogP contribution is 2.25. The van der Waals surface area contributed by atoms with Crippen LogP contribution in [0.25, 0.3) is 0 Å². The van der Waals surface area contributed by atoms with E-state index in [1.807, 2.05) is 0 Å². The molecule has 1 atom stereocenters. The Balaban J connectivity index is 3.00. The van der Waals surface area contributed by atoms with E-state index in [0.717, 1.165) is 0 Å². The second-order valence-electron chi connectivity index (χ2n) is 3.82. The molecule has 0 spiro atoms. The Morgan fingerprint density at radius 3 is 2.17 bits per heavy atom. The summed E-state index contributed by atoms with van der Waals surface area (Å²) in [4.78, 5) is 0. The lowest BCUT2D eigenvalue weighted by molar-refractivity contribution is -0.192. The normalized spacial score (nSPS) is 13.1. The fourth-order valence-electron chi connectivity index (χ4n) is 1.59. The maximum absolute atomic E-state index is 13.7. The molecular weight excluding hydrogens is 242 g/mol. The first kappa shape index (κ1) is 15.0. The molecule has 0 fully saturated rings. The summed E-state index contributed by atoms with van der Waals surface area (Å²) in [6.07, 6.45) is -2.36. The highest BCUT2D eigenvalue weighted by molar-refractivity contribution is 5.27. The number of hydrogen-bond donors (Lipinski definition) is 1. The largest absolute Gasteiger partial charge is 0.383 e. The summed E-state index contributed by atoms with van der Waals surface area (Å²) < 4.78 is 37.5. The number of aliphatic hydroxyl groups excluding tert-OH is 1. The maximum atomic E-state index is 13.7. The quantitative estimate of drug-likeness (QED) is 0.799. The van der Waals surface area contributed by atoms with E-state index >= 15 is 0 Å². The highest BCUT2D eigenvalue weighted by atomic mass is 19.2. The Morgan fingerprint density at radius 2 is 1.67 bits per heavy atom. The molecule has 0 aromatic heterocycles. The van der Waals surface area contributed by atoms with E-state index in [0.29, 0.717) is 13.2 Å². The van der Waals surface area contributed by atoms with Gasteiger partial charge in [-0.25, -0.2) is 8.78 Å². The van der Waals surface area contributed by atoms with Crippen molar-refractivity contribution in [2.45, 2.75) is 33.2 Å². The van der Waals surface area contributed by atoms with Crippen molar-refractivity contribution in [2.75, 3.05) is 13.2 Å². The summed E-state index contributed by atoms with van der Waals surface area (Å²) in [5.41, 5.74) is 0.0258. The molecule has 1 unspecified atom stereocenters. The molecular formula is C13H18F2O3. The van der Waals surface area contributed by atoms with Crippen LogP contribution in [0.3, 0.4) is 0 Å². The van der Waals surface area contributed by atoms with Crippen LogP contribution in [-0.4, -0.2) is 24.6 Å². The molecule has 0 radical (unpaired) electrons. The lowest BCUT2D eigenvalue weighted by Gasteiger charge is -2.23. The van der Waals surface area contributed by atoms with Crippen molar-refractivity contribution in [3.8, 4) is 0 Å². The molecule has 3 nitrogen and oxygen atoms in total. The average Bonchev–Trinajstić information content (AvgIpc) is 2.35. The van der Waals surface area contributed by atoms with Crippen molar-refractivity contribution < 1.29 is 23.4 Å². The zero-order valence-electron chi connectivity index (χ0n) is 10.7. The van der Waals surface area contributed by atoms with Crippen LogP contribution in [0.1, 0.15) is 31.1 Å². The summed E-state index contributed by atoms with van der Waals surface area (Å²) in [5, 5.41) is 9.98. The van der Waals surface area contributed by atoms with Crippen LogP contribution in [0.4, 0.5) is 8.78 Å². The van der Waals surface area contributed by atoms with Gasteiger partial charge >= 0.3 is 0 Å². The summed E-state index contributed by atoms with van der Waals surface area (Å²) in [7, 11) is 0. The lowest BCUT2D eigenvalue weighted by atomic mass is 10.1. The first-order valence-electron chi connectivity index (χ1n) is 5.88. The van der Waals surface area contributed by atoms with Crippen molar-refractivity contribution >= 4 is 0 Å². The molecule has 0 heterocycles. The molecule has 0 aliphatic rings. The van der Waals surface area contributed by atoms with Crippen molar-refractivity contribution in [3.05, 3.63) is 34.9 Å². The van der Waals surface area contributed by atoms with Crippen molar-refractivity contribution in [1.29, 1.82) is 0 Å².